The first kappa shape index (κ1) is 16.5. The molecule has 24 heavy (non-hydrogen) atoms. The van der Waals surface area contributed by atoms with Crippen LogP contribution in [0.3, 0.4) is 0 Å². The van der Waals surface area contributed by atoms with Crippen molar-refractivity contribution >= 4 is 35.0 Å². The van der Waals surface area contributed by atoms with Crippen LogP contribution in [0.25, 0.3) is 11.5 Å². The van der Waals surface area contributed by atoms with Gasteiger partial charge in [0.15, 0.2) is 10.9 Å². The summed E-state index contributed by atoms with van der Waals surface area (Å²) >= 11 is 7.21. The Hall–Kier alpha value is -2.31. The van der Waals surface area contributed by atoms with E-state index in [0.717, 1.165) is 5.56 Å². The number of hydrogen-bond donors (Lipinski definition) is 1. The average Bonchev–Trinajstić information content (AvgIpc) is 3.11. The molecule has 3 rings (SSSR count). The summed E-state index contributed by atoms with van der Waals surface area (Å²) in [5.41, 5.74) is 2.34. The number of nitrogens with one attached hydrogen (secondary N) is 1. The van der Waals surface area contributed by atoms with E-state index in [0.29, 0.717) is 27.3 Å². The second-order valence-corrected chi connectivity index (χ2v) is 6.38. The smallest absolute Gasteiger partial charge is 0.234 e. The predicted molar refractivity (Wildman–Crippen MR) is 95.3 cm³/mol. The van der Waals surface area contributed by atoms with Crippen molar-refractivity contribution in [2.45, 2.75) is 12.1 Å². The van der Waals surface area contributed by atoms with Crippen molar-refractivity contribution in [2.24, 2.45) is 0 Å². The monoisotopic (exact) mass is 359 g/mol. The minimum Gasteiger partial charge on any atom is -0.463 e. The van der Waals surface area contributed by atoms with E-state index in [1.807, 2.05) is 19.1 Å². The van der Waals surface area contributed by atoms with Crippen LogP contribution in [0.1, 0.15) is 5.56 Å². The number of benzene rings is 1. The first-order valence-electron chi connectivity index (χ1n) is 7.17. The van der Waals surface area contributed by atoms with Crippen LogP contribution in [-0.2, 0) is 4.79 Å². The van der Waals surface area contributed by atoms with Crippen molar-refractivity contribution in [1.82, 2.24) is 9.97 Å². The molecule has 0 unspecified atom stereocenters. The second kappa shape index (κ2) is 7.51. The summed E-state index contributed by atoms with van der Waals surface area (Å²) in [6.45, 7) is 1.91. The van der Waals surface area contributed by atoms with E-state index in [2.05, 4.69) is 15.3 Å². The maximum atomic E-state index is 12.1. The lowest BCUT2D eigenvalue weighted by molar-refractivity contribution is -0.113. The largest absolute Gasteiger partial charge is 0.463 e. The minimum absolute atomic E-state index is 0.141. The Balaban J connectivity index is 1.62. The van der Waals surface area contributed by atoms with Crippen LogP contribution in [0.4, 0.5) is 5.69 Å². The van der Waals surface area contributed by atoms with E-state index in [1.165, 1.54) is 11.8 Å². The molecule has 0 atom stereocenters. The molecule has 0 fully saturated rings. The molecule has 1 N–H and O–H groups in total. The minimum atomic E-state index is -0.141. The van der Waals surface area contributed by atoms with Gasteiger partial charge in [0.2, 0.25) is 5.91 Å². The van der Waals surface area contributed by atoms with E-state index >= 15 is 0 Å². The molecule has 0 saturated heterocycles. The van der Waals surface area contributed by atoms with Crippen molar-refractivity contribution in [2.75, 3.05) is 11.1 Å². The molecule has 0 aliphatic heterocycles. The summed E-state index contributed by atoms with van der Waals surface area (Å²) in [6, 6.07) is 10.8. The van der Waals surface area contributed by atoms with Crippen molar-refractivity contribution in [3.05, 3.63) is 59.4 Å². The summed E-state index contributed by atoms with van der Waals surface area (Å²) in [7, 11) is 0. The highest BCUT2D eigenvalue weighted by Crippen LogP contribution is 2.22. The Kier molecular flexibility index (Phi) is 5.17. The number of rotatable bonds is 5. The number of halogens is 1. The van der Waals surface area contributed by atoms with Gasteiger partial charge < -0.3 is 9.73 Å². The molecule has 0 aliphatic rings. The van der Waals surface area contributed by atoms with E-state index in [9.17, 15) is 4.79 Å². The molecule has 1 amide bonds. The summed E-state index contributed by atoms with van der Waals surface area (Å²) in [5, 5.41) is 3.94. The highest BCUT2D eigenvalue weighted by molar-refractivity contribution is 7.99. The zero-order valence-electron chi connectivity index (χ0n) is 12.8. The SMILES string of the molecule is Cc1ccc(Cl)cc1NC(=O)CSc1nccc(-c2ccco2)n1. The zero-order chi connectivity index (χ0) is 16.9. The molecule has 7 heteroatoms. The molecule has 1 aromatic carbocycles. The Morgan fingerprint density at radius 1 is 1.33 bits per heavy atom. The summed E-state index contributed by atoms with van der Waals surface area (Å²) < 4.78 is 5.31. The molecule has 2 aromatic heterocycles. The number of aryl methyl sites for hydroxylation is 1. The standard InChI is InChI=1S/C17H14ClN3O2S/c1-11-4-5-12(18)9-14(11)20-16(22)10-24-17-19-7-6-13(21-17)15-3-2-8-23-15/h2-9H,10H2,1H3,(H,20,22). The van der Waals surface area contributed by atoms with Gasteiger partial charge in [-0.3, -0.25) is 4.79 Å². The number of carbonyl (C=O) groups is 1. The highest BCUT2D eigenvalue weighted by atomic mass is 35.5. The third kappa shape index (κ3) is 4.15. The van der Waals surface area contributed by atoms with Crippen LogP contribution >= 0.6 is 23.4 Å². The number of aromatic nitrogens is 2. The Labute approximate surface area is 148 Å². The lowest BCUT2D eigenvalue weighted by atomic mass is 10.2. The maximum absolute atomic E-state index is 12.1. The second-order valence-electron chi connectivity index (χ2n) is 5.00. The van der Waals surface area contributed by atoms with E-state index < -0.39 is 0 Å². The molecule has 122 valence electrons. The Morgan fingerprint density at radius 2 is 2.21 bits per heavy atom. The van der Waals surface area contributed by atoms with Gasteiger partial charge in [-0.25, -0.2) is 9.97 Å². The third-order valence-corrected chi connectivity index (χ3v) is 4.31. The third-order valence-electron chi connectivity index (χ3n) is 3.21. The lowest BCUT2D eigenvalue weighted by Gasteiger charge is -2.08. The van der Waals surface area contributed by atoms with Gasteiger partial charge in [-0.05, 0) is 42.8 Å². The van der Waals surface area contributed by atoms with Gasteiger partial charge in [0.25, 0.3) is 0 Å². The van der Waals surface area contributed by atoms with Crippen LogP contribution in [0.15, 0.2) is 58.4 Å². The van der Waals surface area contributed by atoms with Crippen molar-refractivity contribution in [3.8, 4) is 11.5 Å². The number of carbonyl (C=O) groups excluding carboxylic acids is 1. The van der Waals surface area contributed by atoms with E-state index in [4.69, 9.17) is 16.0 Å². The molecule has 0 saturated carbocycles. The van der Waals surface area contributed by atoms with Gasteiger partial charge in [-0.2, -0.15) is 0 Å². The summed E-state index contributed by atoms with van der Waals surface area (Å²) in [6.07, 6.45) is 3.23. The molecule has 3 aromatic rings. The van der Waals surface area contributed by atoms with Gasteiger partial charge in [-0.15, -0.1) is 0 Å². The molecule has 0 radical (unpaired) electrons. The molecule has 0 bridgehead atoms. The van der Waals surface area contributed by atoms with Crippen LogP contribution < -0.4 is 5.32 Å². The first-order valence-corrected chi connectivity index (χ1v) is 8.54. The molecular weight excluding hydrogens is 346 g/mol. The molecule has 0 spiro atoms. The van der Waals surface area contributed by atoms with Crippen molar-refractivity contribution < 1.29 is 9.21 Å². The average molecular weight is 360 g/mol. The fraction of sp³-hybridized carbons (Fsp3) is 0.118. The van der Waals surface area contributed by atoms with Crippen molar-refractivity contribution in [1.29, 1.82) is 0 Å². The summed E-state index contributed by atoms with van der Waals surface area (Å²) in [5.74, 6) is 0.726. The van der Waals surface area contributed by atoms with Crippen molar-refractivity contribution in [3.63, 3.8) is 0 Å². The van der Waals surface area contributed by atoms with Crippen LogP contribution in [0, 0.1) is 6.92 Å². The zero-order valence-corrected chi connectivity index (χ0v) is 14.4. The van der Waals surface area contributed by atoms with Gasteiger partial charge in [0.1, 0.15) is 5.69 Å². The quantitative estimate of drug-likeness (QED) is 0.539. The highest BCUT2D eigenvalue weighted by Gasteiger charge is 2.09. The van der Waals surface area contributed by atoms with Gasteiger partial charge >= 0.3 is 0 Å². The van der Waals surface area contributed by atoms with Gasteiger partial charge in [0, 0.05) is 16.9 Å². The number of nitrogens with zero attached hydrogens (tertiary/aromatic N) is 2. The fourth-order valence-electron chi connectivity index (χ4n) is 2.02. The molecule has 2 heterocycles. The molecule has 0 aliphatic carbocycles. The van der Waals surface area contributed by atoms with Crippen LogP contribution in [0.5, 0.6) is 0 Å². The van der Waals surface area contributed by atoms with Gasteiger partial charge in [0.05, 0.1) is 12.0 Å². The Bertz CT molecular complexity index is 853. The lowest BCUT2D eigenvalue weighted by Crippen LogP contribution is -2.15. The van der Waals surface area contributed by atoms with E-state index in [-0.39, 0.29) is 11.7 Å². The molecule has 5 nitrogen and oxygen atoms in total. The number of thioether (sulfide) groups is 1. The number of anilines is 1. The number of furan rings is 1. The molecular formula is C17H14ClN3O2S. The normalized spacial score (nSPS) is 10.6. The van der Waals surface area contributed by atoms with Gasteiger partial charge in [-0.1, -0.05) is 29.4 Å². The predicted octanol–water partition coefficient (Wildman–Crippen LogP) is 4.43. The fourth-order valence-corrected chi connectivity index (χ4v) is 2.82. The maximum Gasteiger partial charge on any atom is 0.234 e. The van der Waals surface area contributed by atoms with Crippen LogP contribution in [0.2, 0.25) is 5.02 Å². The number of amides is 1. The Morgan fingerprint density at radius 3 is 3.00 bits per heavy atom. The topological polar surface area (TPSA) is 68.0 Å². The first-order chi connectivity index (χ1) is 11.6. The number of hydrogen-bond acceptors (Lipinski definition) is 5. The summed E-state index contributed by atoms with van der Waals surface area (Å²) in [4.78, 5) is 20.7. The van der Waals surface area contributed by atoms with Crippen LogP contribution in [-0.4, -0.2) is 21.6 Å². The van der Waals surface area contributed by atoms with E-state index in [1.54, 1.807) is 36.7 Å².